The number of nitrogens with one attached hydrogen (secondary N) is 1. The molecule has 1 saturated heterocycles. The molecule has 0 unspecified atom stereocenters. The van der Waals surface area contributed by atoms with Crippen molar-refractivity contribution in [2.75, 3.05) is 19.8 Å². The van der Waals surface area contributed by atoms with E-state index in [1.165, 1.54) is 0 Å². The van der Waals surface area contributed by atoms with E-state index in [1.807, 2.05) is 53.3 Å². The van der Waals surface area contributed by atoms with Gasteiger partial charge in [-0.15, -0.1) is 0 Å². The maximum Gasteiger partial charge on any atom is 0.230 e. The number of hydrogen-bond donors (Lipinski definition) is 1. The SMILES string of the molecule is O=C(NCCn1cc(-c2ccco2)cn1)C1(c2ccccc2)CCOCC1. The van der Waals surface area contributed by atoms with E-state index >= 15 is 0 Å². The minimum atomic E-state index is -0.511. The van der Waals surface area contributed by atoms with E-state index in [4.69, 9.17) is 9.15 Å². The molecule has 1 aromatic carbocycles. The molecule has 0 bridgehead atoms. The standard InChI is InChI=1S/C21H23N3O3/c25-20(21(8-13-26-14-9-21)18-5-2-1-3-6-18)22-10-11-24-16-17(15-23-24)19-7-4-12-27-19/h1-7,12,15-16H,8-11,13-14H2,(H,22,25). The number of hydrogen-bond acceptors (Lipinski definition) is 4. The first-order chi connectivity index (χ1) is 13.3. The Morgan fingerprint density at radius 3 is 2.70 bits per heavy atom. The lowest BCUT2D eigenvalue weighted by Crippen LogP contribution is -2.48. The minimum Gasteiger partial charge on any atom is -0.464 e. The van der Waals surface area contributed by atoms with Crippen LogP contribution in [0.2, 0.25) is 0 Å². The fourth-order valence-electron chi connectivity index (χ4n) is 3.63. The van der Waals surface area contributed by atoms with Gasteiger partial charge in [0.05, 0.1) is 30.0 Å². The molecule has 0 atom stereocenters. The third-order valence-corrected chi connectivity index (χ3v) is 5.17. The number of benzene rings is 1. The highest BCUT2D eigenvalue weighted by atomic mass is 16.5. The molecule has 1 aliphatic heterocycles. The number of amides is 1. The van der Waals surface area contributed by atoms with Gasteiger partial charge in [-0.05, 0) is 30.5 Å². The molecule has 3 heterocycles. The minimum absolute atomic E-state index is 0.0652. The Labute approximate surface area is 158 Å². The molecule has 6 heteroatoms. The van der Waals surface area contributed by atoms with Gasteiger partial charge < -0.3 is 14.5 Å². The highest BCUT2D eigenvalue weighted by Gasteiger charge is 2.41. The second-order valence-corrected chi connectivity index (χ2v) is 6.79. The van der Waals surface area contributed by atoms with E-state index in [-0.39, 0.29) is 5.91 Å². The number of rotatable bonds is 6. The molecule has 27 heavy (non-hydrogen) atoms. The molecule has 0 aliphatic carbocycles. The van der Waals surface area contributed by atoms with Crippen LogP contribution in [0.5, 0.6) is 0 Å². The average Bonchev–Trinajstić information content (AvgIpc) is 3.41. The van der Waals surface area contributed by atoms with E-state index in [2.05, 4.69) is 10.4 Å². The van der Waals surface area contributed by atoms with Gasteiger partial charge in [-0.3, -0.25) is 9.48 Å². The molecule has 0 saturated carbocycles. The van der Waals surface area contributed by atoms with Gasteiger partial charge in [-0.2, -0.15) is 5.10 Å². The van der Waals surface area contributed by atoms with Crippen LogP contribution in [0.15, 0.2) is 65.5 Å². The lowest BCUT2D eigenvalue weighted by molar-refractivity contribution is -0.130. The van der Waals surface area contributed by atoms with Crippen molar-refractivity contribution in [1.82, 2.24) is 15.1 Å². The summed E-state index contributed by atoms with van der Waals surface area (Å²) in [6.45, 7) is 2.34. The fraction of sp³-hybridized carbons (Fsp3) is 0.333. The Morgan fingerprint density at radius 2 is 1.96 bits per heavy atom. The molecular formula is C21H23N3O3. The molecule has 1 N–H and O–H groups in total. The van der Waals surface area contributed by atoms with Gasteiger partial charge in [0.15, 0.2) is 0 Å². The Bertz CT molecular complexity index is 865. The molecule has 1 fully saturated rings. The van der Waals surface area contributed by atoms with Gasteiger partial charge in [0, 0.05) is 26.0 Å². The number of carbonyl (C=O) groups excluding carboxylic acids is 1. The van der Waals surface area contributed by atoms with Gasteiger partial charge in [-0.1, -0.05) is 30.3 Å². The Morgan fingerprint density at radius 1 is 1.15 bits per heavy atom. The second kappa shape index (κ2) is 7.80. The van der Waals surface area contributed by atoms with E-state index in [9.17, 15) is 4.79 Å². The Balaban J connectivity index is 1.40. The average molecular weight is 365 g/mol. The van der Waals surface area contributed by atoms with Crippen LogP contribution in [-0.4, -0.2) is 35.4 Å². The molecule has 0 radical (unpaired) electrons. The van der Waals surface area contributed by atoms with E-state index in [1.54, 1.807) is 12.5 Å². The zero-order chi connectivity index (χ0) is 18.5. The highest BCUT2D eigenvalue weighted by Crippen LogP contribution is 2.35. The molecule has 1 aliphatic rings. The van der Waals surface area contributed by atoms with Gasteiger partial charge in [-0.25, -0.2) is 0 Å². The predicted molar refractivity (Wildman–Crippen MR) is 101 cm³/mol. The first-order valence-corrected chi connectivity index (χ1v) is 9.26. The molecular weight excluding hydrogens is 342 g/mol. The fourth-order valence-corrected chi connectivity index (χ4v) is 3.63. The molecule has 4 rings (SSSR count). The summed E-state index contributed by atoms with van der Waals surface area (Å²) < 4.78 is 12.7. The summed E-state index contributed by atoms with van der Waals surface area (Å²) in [5.74, 6) is 0.853. The van der Waals surface area contributed by atoms with Crippen LogP contribution in [0.4, 0.5) is 0 Å². The normalized spacial score (nSPS) is 16.1. The lowest BCUT2D eigenvalue weighted by atomic mass is 9.73. The van der Waals surface area contributed by atoms with Crippen molar-refractivity contribution in [2.24, 2.45) is 0 Å². The van der Waals surface area contributed by atoms with Crippen molar-refractivity contribution >= 4 is 5.91 Å². The van der Waals surface area contributed by atoms with Crippen LogP contribution in [0.25, 0.3) is 11.3 Å². The number of aromatic nitrogens is 2. The molecule has 3 aromatic rings. The molecule has 0 spiro atoms. The second-order valence-electron chi connectivity index (χ2n) is 6.79. The lowest BCUT2D eigenvalue weighted by Gasteiger charge is -2.36. The largest absolute Gasteiger partial charge is 0.464 e. The van der Waals surface area contributed by atoms with Crippen LogP contribution >= 0.6 is 0 Å². The quantitative estimate of drug-likeness (QED) is 0.729. The number of nitrogens with zero attached hydrogens (tertiary/aromatic N) is 2. The number of furan rings is 1. The van der Waals surface area contributed by atoms with Crippen molar-refractivity contribution in [2.45, 2.75) is 24.8 Å². The molecule has 1 amide bonds. The van der Waals surface area contributed by atoms with Crippen LogP contribution in [0.1, 0.15) is 18.4 Å². The van der Waals surface area contributed by atoms with E-state index < -0.39 is 5.41 Å². The van der Waals surface area contributed by atoms with Crippen LogP contribution in [0, 0.1) is 0 Å². The van der Waals surface area contributed by atoms with Crippen molar-refractivity contribution in [3.63, 3.8) is 0 Å². The first kappa shape index (κ1) is 17.5. The third kappa shape index (κ3) is 3.66. The van der Waals surface area contributed by atoms with E-state index in [0.717, 1.165) is 16.9 Å². The monoisotopic (exact) mass is 365 g/mol. The summed E-state index contributed by atoms with van der Waals surface area (Å²) in [6, 6.07) is 13.8. The number of carbonyl (C=O) groups is 1. The van der Waals surface area contributed by atoms with Gasteiger partial charge in [0.25, 0.3) is 0 Å². The highest BCUT2D eigenvalue weighted by molar-refractivity contribution is 5.88. The molecule has 2 aromatic heterocycles. The topological polar surface area (TPSA) is 69.3 Å². The summed E-state index contributed by atoms with van der Waals surface area (Å²) in [5.41, 5.74) is 1.48. The summed E-state index contributed by atoms with van der Waals surface area (Å²) in [5, 5.41) is 7.45. The predicted octanol–water partition coefficient (Wildman–Crippen LogP) is 3.01. The Hall–Kier alpha value is -2.86. The Kier molecular flexibility index (Phi) is 5.07. The van der Waals surface area contributed by atoms with Gasteiger partial charge >= 0.3 is 0 Å². The first-order valence-electron chi connectivity index (χ1n) is 9.26. The maximum atomic E-state index is 13.1. The summed E-state index contributed by atoms with van der Waals surface area (Å²) >= 11 is 0. The van der Waals surface area contributed by atoms with Crippen LogP contribution in [0.3, 0.4) is 0 Å². The van der Waals surface area contributed by atoms with Gasteiger partial charge in [0.1, 0.15) is 5.76 Å². The molecule has 140 valence electrons. The zero-order valence-electron chi connectivity index (χ0n) is 15.1. The summed E-state index contributed by atoms with van der Waals surface area (Å²) in [4.78, 5) is 13.1. The van der Waals surface area contributed by atoms with Gasteiger partial charge in [0.2, 0.25) is 5.91 Å². The maximum absolute atomic E-state index is 13.1. The van der Waals surface area contributed by atoms with Crippen molar-refractivity contribution in [1.29, 1.82) is 0 Å². The smallest absolute Gasteiger partial charge is 0.230 e. The van der Waals surface area contributed by atoms with Crippen LogP contribution < -0.4 is 5.32 Å². The van der Waals surface area contributed by atoms with Crippen LogP contribution in [-0.2, 0) is 21.5 Å². The molecule has 6 nitrogen and oxygen atoms in total. The summed E-state index contributed by atoms with van der Waals surface area (Å²) in [6.07, 6.45) is 6.74. The summed E-state index contributed by atoms with van der Waals surface area (Å²) in [7, 11) is 0. The van der Waals surface area contributed by atoms with E-state index in [0.29, 0.717) is 39.1 Å². The third-order valence-electron chi connectivity index (χ3n) is 5.17. The van der Waals surface area contributed by atoms with Crippen molar-refractivity contribution in [3.05, 3.63) is 66.7 Å². The zero-order valence-corrected chi connectivity index (χ0v) is 15.1. The van der Waals surface area contributed by atoms with Crippen molar-refractivity contribution < 1.29 is 13.9 Å². The number of ether oxygens (including phenoxy) is 1. The van der Waals surface area contributed by atoms with Crippen molar-refractivity contribution in [3.8, 4) is 11.3 Å².